The lowest BCUT2D eigenvalue weighted by Gasteiger charge is -2.44. The molecule has 2 fully saturated rings. The number of hydrogen-bond acceptors (Lipinski definition) is 5. The van der Waals surface area contributed by atoms with Crippen molar-refractivity contribution < 1.29 is 23.0 Å². The maximum absolute atomic E-state index is 15.6. The second kappa shape index (κ2) is 8.96. The summed E-state index contributed by atoms with van der Waals surface area (Å²) in [5, 5.41) is 0.0941. The van der Waals surface area contributed by atoms with Crippen LogP contribution in [-0.2, 0) is 19.8 Å². The third-order valence-electron chi connectivity index (χ3n) is 7.23. The minimum Gasteiger partial charge on any atom is -0.443 e. The van der Waals surface area contributed by atoms with Crippen molar-refractivity contribution in [2.24, 2.45) is 11.1 Å². The first-order chi connectivity index (χ1) is 16.2. The molecular weight excluding hydrogens is 497 g/mol. The number of nitrogens with zero attached hydrogens (tertiary/aromatic N) is 1. The molecule has 0 bridgehead atoms. The highest BCUT2D eigenvalue weighted by atomic mass is 35.5. The highest BCUT2D eigenvalue weighted by Crippen LogP contribution is 2.58. The predicted octanol–water partition coefficient (Wildman–Crippen LogP) is 5.62. The Morgan fingerprint density at radius 3 is 2.51 bits per heavy atom. The zero-order valence-corrected chi connectivity index (χ0v) is 21.9. The van der Waals surface area contributed by atoms with Crippen LogP contribution in [-0.4, -0.2) is 42.4 Å². The zero-order valence-electron chi connectivity index (χ0n) is 20.4. The monoisotopic (exact) mass is 526 g/mol. The third kappa shape index (κ3) is 4.25. The number of rotatable bonds is 6. The molecule has 2 saturated heterocycles. The fourth-order valence-corrected chi connectivity index (χ4v) is 6.33. The molecule has 2 N–H and O–H groups in total. The van der Waals surface area contributed by atoms with Gasteiger partial charge in [0, 0.05) is 29.7 Å². The number of benzene rings is 2. The average Bonchev–Trinajstić information content (AvgIpc) is 3.12. The zero-order chi connectivity index (χ0) is 25.9. The van der Waals surface area contributed by atoms with E-state index in [0.717, 1.165) is 0 Å². The quantitative estimate of drug-likeness (QED) is 0.495. The van der Waals surface area contributed by atoms with Crippen LogP contribution in [0.25, 0.3) is 0 Å². The van der Waals surface area contributed by atoms with E-state index in [1.165, 1.54) is 18.2 Å². The number of cyclic esters (lactones) is 1. The van der Waals surface area contributed by atoms with Crippen molar-refractivity contribution in [1.82, 2.24) is 4.90 Å². The number of carbonyl (C=O) groups is 1. The van der Waals surface area contributed by atoms with E-state index < -0.39 is 52.3 Å². The molecule has 2 heterocycles. The lowest BCUT2D eigenvalue weighted by molar-refractivity contribution is -0.153. The molecule has 35 heavy (non-hydrogen) atoms. The van der Waals surface area contributed by atoms with E-state index in [9.17, 15) is 4.79 Å². The van der Waals surface area contributed by atoms with Gasteiger partial charge in [0.1, 0.15) is 17.7 Å². The maximum atomic E-state index is 15.6. The van der Waals surface area contributed by atoms with Gasteiger partial charge < -0.3 is 15.2 Å². The largest absolute Gasteiger partial charge is 0.443 e. The summed E-state index contributed by atoms with van der Waals surface area (Å²) >= 11 is 12.2. The number of fused-ring (bicyclic) bond motifs is 1. The molecule has 9 heteroatoms. The van der Waals surface area contributed by atoms with Crippen molar-refractivity contribution in [2.45, 2.75) is 63.4 Å². The Balaban J connectivity index is 2.04. The summed E-state index contributed by atoms with van der Waals surface area (Å²) in [6, 6.07) is 7.22. The van der Waals surface area contributed by atoms with Gasteiger partial charge in [-0.15, -0.1) is 0 Å². The van der Waals surface area contributed by atoms with Crippen LogP contribution in [0.4, 0.5) is 8.78 Å². The van der Waals surface area contributed by atoms with Gasteiger partial charge >= 0.3 is 5.97 Å². The first kappa shape index (κ1) is 26.3. The molecule has 5 nitrogen and oxygen atoms in total. The summed E-state index contributed by atoms with van der Waals surface area (Å²) in [5.41, 5.74) is 4.52. The molecule has 0 radical (unpaired) electrons. The number of nitrogens with two attached hydrogens (primary N) is 1. The fourth-order valence-electron chi connectivity index (χ4n) is 5.99. The molecular formula is C26H30Cl2F2N2O3. The van der Waals surface area contributed by atoms with Gasteiger partial charge in [0.25, 0.3) is 0 Å². The van der Waals surface area contributed by atoms with Crippen molar-refractivity contribution in [3.05, 3.63) is 69.2 Å². The molecule has 2 aliphatic rings. The van der Waals surface area contributed by atoms with Gasteiger partial charge in [-0.2, -0.15) is 0 Å². The molecule has 0 aliphatic carbocycles. The average molecular weight is 527 g/mol. The highest BCUT2D eigenvalue weighted by molar-refractivity contribution is 6.31. The lowest BCUT2D eigenvalue weighted by Crippen LogP contribution is -2.57. The summed E-state index contributed by atoms with van der Waals surface area (Å²) < 4.78 is 42.3. The van der Waals surface area contributed by atoms with Crippen molar-refractivity contribution in [3.63, 3.8) is 0 Å². The van der Waals surface area contributed by atoms with E-state index in [4.69, 9.17) is 38.4 Å². The summed E-state index contributed by atoms with van der Waals surface area (Å²) in [6.07, 6.45) is 0.411. The Morgan fingerprint density at radius 1 is 1.20 bits per heavy atom. The second-order valence-corrected chi connectivity index (χ2v) is 11.6. The molecule has 190 valence electrons. The molecule has 0 saturated carbocycles. The Morgan fingerprint density at radius 2 is 1.89 bits per heavy atom. The first-order valence-electron chi connectivity index (χ1n) is 11.4. The molecule has 0 aromatic heterocycles. The molecule has 4 rings (SSSR count). The van der Waals surface area contributed by atoms with Crippen molar-refractivity contribution >= 4 is 29.2 Å². The molecule has 0 amide bonds. The number of carbonyl (C=O) groups excluding carboxylic acids is 1. The maximum Gasteiger partial charge on any atom is 0.325 e. The van der Waals surface area contributed by atoms with E-state index >= 15 is 8.78 Å². The van der Waals surface area contributed by atoms with E-state index in [0.29, 0.717) is 13.0 Å². The van der Waals surface area contributed by atoms with E-state index in [-0.39, 0.29) is 21.2 Å². The minimum atomic E-state index is -1.54. The normalized spacial score (nSPS) is 28.3. The van der Waals surface area contributed by atoms with Gasteiger partial charge in [-0.05, 0) is 49.4 Å². The topological polar surface area (TPSA) is 64.8 Å². The van der Waals surface area contributed by atoms with E-state index in [1.807, 2.05) is 18.7 Å². The Hall–Kier alpha value is -1.77. The number of halogens is 4. The molecule has 4 unspecified atom stereocenters. The number of hydrogen-bond donors (Lipinski definition) is 1. The molecule has 2 aromatic rings. The number of methoxy groups -OCH3 is 1. The van der Waals surface area contributed by atoms with Crippen molar-refractivity contribution in [2.75, 3.05) is 13.7 Å². The minimum absolute atomic E-state index is 0.109. The van der Waals surface area contributed by atoms with E-state index in [2.05, 4.69) is 0 Å². The van der Waals surface area contributed by atoms with Crippen molar-refractivity contribution in [3.8, 4) is 0 Å². The Kier molecular flexibility index (Phi) is 6.73. The summed E-state index contributed by atoms with van der Waals surface area (Å²) in [4.78, 5) is 15.2. The predicted molar refractivity (Wildman–Crippen MR) is 131 cm³/mol. The van der Waals surface area contributed by atoms with Gasteiger partial charge in [0.2, 0.25) is 0 Å². The van der Waals surface area contributed by atoms with Gasteiger partial charge in [-0.1, -0.05) is 55.2 Å². The van der Waals surface area contributed by atoms with Crippen LogP contribution < -0.4 is 5.73 Å². The van der Waals surface area contributed by atoms with Crippen LogP contribution >= 0.6 is 23.2 Å². The lowest BCUT2D eigenvalue weighted by atomic mass is 9.68. The van der Waals surface area contributed by atoms with Gasteiger partial charge in [0.15, 0.2) is 5.72 Å². The standard InChI is InChI=1S/C26H30Cl2F2N2O3/c1-24(2,13-34-5)12-19-26(31,16-10-9-14(27)11-18(16)29)20(15-7-6-8-17(28)21(15)30)22-23(33)35-25(3,4)32(19)22/h6-11,19-20,22H,12-13,31H2,1-5H3. The van der Waals surface area contributed by atoms with Crippen LogP contribution in [0.2, 0.25) is 10.0 Å². The SMILES string of the molecule is COCC(C)(C)CC1N2C(C(=O)OC2(C)C)C(c2cccc(Cl)c2F)C1(N)c1ccc(Cl)cc1F. The number of esters is 1. The van der Waals surface area contributed by atoms with Gasteiger partial charge in [-0.25, -0.2) is 13.7 Å². The van der Waals surface area contributed by atoms with Crippen LogP contribution in [0, 0.1) is 17.0 Å². The molecule has 0 spiro atoms. The summed E-state index contributed by atoms with van der Waals surface area (Å²) in [5.74, 6) is -2.86. The summed E-state index contributed by atoms with van der Waals surface area (Å²) in [6.45, 7) is 7.92. The fraction of sp³-hybridized carbons (Fsp3) is 0.500. The Labute approximate surface area is 214 Å². The third-order valence-corrected chi connectivity index (χ3v) is 7.75. The van der Waals surface area contributed by atoms with E-state index in [1.54, 1.807) is 39.2 Å². The van der Waals surface area contributed by atoms with Crippen LogP contribution in [0.15, 0.2) is 36.4 Å². The molecule has 2 aliphatic heterocycles. The van der Waals surface area contributed by atoms with Crippen LogP contribution in [0.1, 0.15) is 51.2 Å². The Bertz CT molecular complexity index is 1160. The van der Waals surface area contributed by atoms with Gasteiger partial charge in [-0.3, -0.25) is 4.79 Å². The number of ether oxygens (including phenoxy) is 2. The van der Waals surface area contributed by atoms with Gasteiger partial charge in [0.05, 0.1) is 17.2 Å². The highest BCUT2D eigenvalue weighted by Gasteiger charge is 2.69. The molecule has 2 aromatic carbocycles. The second-order valence-electron chi connectivity index (χ2n) is 10.7. The van der Waals surface area contributed by atoms with Crippen LogP contribution in [0.5, 0.6) is 0 Å². The van der Waals surface area contributed by atoms with Crippen LogP contribution in [0.3, 0.4) is 0 Å². The molecule has 4 atom stereocenters. The first-order valence-corrected chi connectivity index (χ1v) is 12.2. The summed E-state index contributed by atoms with van der Waals surface area (Å²) in [7, 11) is 1.60. The smallest absolute Gasteiger partial charge is 0.325 e. The van der Waals surface area contributed by atoms with Crippen molar-refractivity contribution in [1.29, 1.82) is 0 Å².